The standard InChI is InChI=1S/C16H12ClN3O6/c17-10-5-9(15(21)11(6-10)20(23)24)7-18-19-16(22)14-8-25-12-3-1-2-4-13(12)26-14/h1-7,14,21H,8H2,(H,19,22). The molecule has 0 spiro atoms. The molecule has 0 saturated heterocycles. The van der Waals surface area contributed by atoms with Crippen molar-refractivity contribution in [2.75, 3.05) is 6.61 Å². The van der Waals surface area contributed by atoms with Crippen LogP contribution >= 0.6 is 11.6 Å². The first-order chi connectivity index (χ1) is 12.5. The van der Waals surface area contributed by atoms with Gasteiger partial charge in [0.2, 0.25) is 11.9 Å². The van der Waals surface area contributed by atoms with Crippen LogP contribution in [0.15, 0.2) is 41.5 Å². The lowest BCUT2D eigenvalue weighted by Gasteiger charge is -2.24. The summed E-state index contributed by atoms with van der Waals surface area (Å²) >= 11 is 5.78. The fraction of sp³-hybridized carbons (Fsp3) is 0.125. The Balaban J connectivity index is 1.68. The number of aromatic hydroxyl groups is 1. The molecule has 1 unspecified atom stereocenters. The first-order valence-electron chi connectivity index (χ1n) is 7.34. The van der Waals surface area contributed by atoms with Gasteiger partial charge in [0.1, 0.15) is 6.61 Å². The smallest absolute Gasteiger partial charge is 0.312 e. The van der Waals surface area contributed by atoms with Crippen molar-refractivity contribution in [3.05, 3.63) is 57.1 Å². The predicted molar refractivity (Wildman–Crippen MR) is 91.9 cm³/mol. The molecule has 0 fully saturated rings. The molecule has 9 nitrogen and oxygen atoms in total. The number of benzene rings is 2. The number of phenols is 1. The summed E-state index contributed by atoms with van der Waals surface area (Å²) in [5.74, 6) is -0.211. The molecule has 3 rings (SSSR count). The van der Waals surface area contributed by atoms with Gasteiger partial charge in [-0.05, 0) is 18.2 Å². The number of rotatable bonds is 4. The van der Waals surface area contributed by atoms with Gasteiger partial charge in [-0.15, -0.1) is 0 Å². The van der Waals surface area contributed by atoms with Crippen LogP contribution in [0.1, 0.15) is 5.56 Å². The van der Waals surface area contributed by atoms with Crippen molar-refractivity contribution < 1.29 is 24.3 Å². The van der Waals surface area contributed by atoms with Crippen LogP contribution < -0.4 is 14.9 Å². The van der Waals surface area contributed by atoms with Crippen LogP contribution in [0.5, 0.6) is 17.2 Å². The number of hydrazone groups is 1. The van der Waals surface area contributed by atoms with Gasteiger partial charge < -0.3 is 14.6 Å². The van der Waals surface area contributed by atoms with E-state index in [1.54, 1.807) is 24.3 Å². The Labute approximate surface area is 151 Å². The summed E-state index contributed by atoms with van der Waals surface area (Å²) in [6.45, 7) is 0.00620. The fourth-order valence-corrected chi connectivity index (χ4v) is 2.45. The molecule has 10 heteroatoms. The van der Waals surface area contributed by atoms with Gasteiger partial charge in [-0.2, -0.15) is 5.10 Å². The predicted octanol–water partition coefficient (Wildman–Crippen LogP) is 2.24. The van der Waals surface area contributed by atoms with Crippen molar-refractivity contribution in [1.29, 1.82) is 0 Å². The SMILES string of the molecule is O=C(NN=Cc1cc(Cl)cc([N+](=O)[O-])c1O)C1COc2ccccc2O1. The summed E-state index contributed by atoms with van der Waals surface area (Å²) in [6.07, 6.45) is 0.133. The first kappa shape index (κ1) is 17.5. The van der Waals surface area contributed by atoms with Crippen molar-refractivity contribution in [2.24, 2.45) is 5.10 Å². The highest BCUT2D eigenvalue weighted by atomic mass is 35.5. The molecule has 2 N–H and O–H groups in total. The lowest BCUT2D eigenvalue weighted by Crippen LogP contribution is -2.42. The van der Waals surface area contributed by atoms with E-state index in [9.17, 15) is 20.0 Å². The molecule has 26 heavy (non-hydrogen) atoms. The average Bonchev–Trinajstić information content (AvgIpc) is 2.63. The van der Waals surface area contributed by atoms with E-state index in [4.69, 9.17) is 21.1 Å². The monoisotopic (exact) mass is 377 g/mol. The number of nitrogens with zero attached hydrogens (tertiary/aromatic N) is 2. The zero-order valence-electron chi connectivity index (χ0n) is 13.1. The number of ether oxygens (including phenoxy) is 2. The summed E-state index contributed by atoms with van der Waals surface area (Å²) in [5.41, 5.74) is 1.65. The molecule has 134 valence electrons. The van der Waals surface area contributed by atoms with E-state index < -0.39 is 28.4 Å². The van der Waals surface area contributed by atoms with Gasteiger partial charge in [-0.25, -0.2) is 5.43 Å². The summed E-state index contributed by atoms with van der Waals surface area (Å²) in [6, 6.07) is 9.20. The molecular formula is C16H12ClN3O6. The minimum absolute atomic E-state index is 0.00620. The van der Waals surface area contributed by atoms with Crippen LogP contribution in [0.3, 0.4) is 0 Å². The number of fused-ring (bicyclic) bond motifs is 1. The molecule has 1 atom stereocenters. The van der Waals surface area contributed by atoms with Crippen LogP contribution in [-0.2, 0) is 4.79 Å². The second-order valence-electron chi connectivity index (χ2n) is 5.22. The minimum atomic E-state index is -0.913. The van der Waals surface area contributed by atoms with Crippen molar-refractivity contribution >= 4 is 29.4 Å². The molecule has 1 amide bonds. The summed E-state index contributed by atoms with van der Waals surface area (Å²) in [5, 5.41) is 24.4. The van der Waals surface area contributed by atoms with E-state index in [0.717, 1.165) is 12.3 Å². The van der Waals surface area contributed by atoms with Gasteiger partial charge in [0.15, 0.2) is 11.5 Å². The summed E-state index contributed by atoms with van der Waals surface area (Å²) in [7, 11) is 0. The topological polar surface area (TPSA) is 123 Å². The van der Waals surface area contributed by atoms with Crippen molar-refractivity contribution in [3.8, 4) is 17.2 Å². The van der Waals surface area contributed by atoms with Crippen LogP contribution in [-0.4, -0.2) is 34.9 Å². The van der Waals surface area contributed by atoms with Gasteiger partial charge in [0, 0.05) is 16.7 Å². The second kappa shape index (κ2) is 7.28. The third-order valence-corrected chi connectivity index (χ3v) is 3.68. The highest BCUT2D eigenvalue weighted by Crippen LogP contribution is 2.32. The fourth-order valence-electron chi connectivity index (χ4n) is 2.23. The minimum Gasteiger partial charge on any atom is -0.502 e. The highest BCUT2D eigenvalue weighted by Gasteiger charge is 2.27. The molecule has 1 aliphatic rings. The Morgan fingerprint density at radius 2 is 2.12 bits per heavy atom. The zero-order valence-corrected chi connectivity index (χ0v) is 13.8. The van der Waals surface area contributed by atoms with Crippen LogP contribution in [0.2, 0.25) is 5.02 Å². The Morgan fingerprint density at radius 1 is 1.38 bits per heavy atom. The zero-order chi connectivity index (χ0) is 18.7. The van der Waals surface area contributed by atoms with Crippen LogP contribution in [0, 0.1) is 10.1 Å². The van der Waals surface area contributed by atoms with E-state index in [-0.39, 0.29) is 17.2 Å². The molecule has 0 aromatic heterocycles. The van der Waals surface area contributed by atoms with Crippen molar-refractivity contribution in [2.45, 2.75) is 6.10 Å². The lowest BCUT2D eigenvalue weighted by molar-refractivity contribution is -0.385. The van der Waals surface area contributed by atoms with Crippen LogP contribution in [0.4, 0.5) is 5.69 Å². The number of nitro groups is 1. The maximum Gasteiger partial charge on any atom is 0.312 e. The molecular weight excluding hydrogens is 366 g/mol. The largest absolute Gasteiger partial charge is 0.502 e. The Bertz CT molecular complexity index is 902. The number of para-hydroxylation sites is 2. The molecule has 0 saturated carbocycles. The molecule has 2 aromatic carbocycles. The van der Waals surface area contributed by atoms with Crippen molar-refractivity contribution in [3.63, 3.8) is 0 Å². The van der Waals surface area contributed by atoms with Gasteiger partial charge in [-0.1, -0.05) is 23.7 Å². The molecule has 1 aliphatic heterocycles. The average molecular weight is 378 g/mol. The molecule has 1 heterocycles. The number of phenolic OH excluding ortho intramolecular Hbond substituents is 1. The Hall–Kier alpha value is -3.33. The Kier molecular flexibility index (Phi) is 4.90. The maximum atomic E-state index is 12.1. The molecule has 0 bridgehead atoms. The number of halogens is 1. The normalized spacial score (nSPS) is 15.7. The highest BCUT2D eigenvalue weighted by molar-refractivity contribution is 6.31. The van der Waals surface area contributed by atoms with Gasteiger partial charge in [-0.3, -0.25) is 14.9 Å². The van der Waals surface area contributed by atoms with Crippen LogP contribution in [0.25, 0.3) is 0 Å². The first-order valence-corrected chi connectivity index (χ1v) is 7.72. The van der Waals surface area contributed by atoms with Gasteiger partial charge in [0.05, 0.1) is 11.1 Å². The molecule has 0 aliphatic carbocycles. The third-order valence-electron chi connectivity index (χ3n) is 3.46. The number of carbonyl (C=O) groups excluding carboxylic acids is 1. The Morgan fingerprint density at radius 3 is 2.85 bits per heavy atom. The van der Waals surface area contributed by atoms with Gasteiger partial charge in [0.25, 0.3) is 5.91 Å². The third kappa shape index (κ3) is 3.67. The molecule has 0 radical (unpaired) electrons. The molecule has 2 aromatic rings. The second-order valence-corrected chi connectivity index (χ2v) is 5.65. The number of hydrogen-bond donors (Lipinski definition) is 2. The summed E-state index contributed by atoms with van der Waals surface area (Å²) in [4.78, 5) is 22.2. The van der Waals surface area contributed by atoms with E-state index in [2.05, 4.69) is 10.5 Å². The lowest BCUT2D eigenvalue weighted by atomic mass is 10.2. The summed E-state index contributed by atoms with van der Waals surface area (Å²) < 4.78 is 10.9. The number of amides is 1. The van der Waals surface area contributed by atoms with E-state index in [1.807, 2.05) is 0 Å². The number of hydrogen-bond acceptors (Lipinski definition) is 7. The number of nitrogens with one attached hydrogen (secondary N) is 1. The van der Waals surface area contributed by atoms with E-state index in [1.165, 1.54) is 6.07 Å². The van der Waals surface area contributed by atoms with Gasteiger partial charge >= 0.3 is 5.69 Å². The van der Waals surface area contributed by atoms with E-state index >= 15 is 0 Å². The maximum absolute atomic E-state index is 12.1. The van der Waals surface area contributed by atoms with Crippen molar-refractivity contribution in [1.82, 2.24) is 5.43 Å². The van der Waals surface area contributed by atoms with E-state index in [0.29, 0.717) is 11.5 Å². The number of carbonyl (C=O) groups is 1. The quantitative estimate of drug-likeness (QED) is 0.478. The number of nitro benzene ring substituents is 1.